The molecule has 0 aliphatic rings. The molecule has 0 amide bonds. The van der Waals surface area contributed by atoms with Crippen molar-refractivity contribution in [1.82, 2.24) is 4.98 Å². The number of halogens is 1. The summed E-state index contributed by atoms with van der Waals surface area (Å²) in [7, 11) is 0. The Hall–Kier alpha value is -1.29. The minimum atomic E-state index is -1.02. The fourth-order valence-corrected chi connectivity index (χ4v) is 1.30. The Morgan fingerprint density at radius 1 is 1.67 bits per heavy atom. The molecule has 0 aliphatic carbocycles. The van der Waals surface area contributed by atoms with Gasteiger partial charge in [0.25, 0.3) is 0 Å². The number of carbonyl (C=O) groups is 1. The van der Waals surface area contributed by atoms with Crippen molar-refractivity contribution >= 4 is 23.4 Å². The van der Waals surface area contributed by atoms with E-state index in [1.165, 1.54) is 12.3 Å². The van der Waals surface area contributed by atoms with Crippen LogP contribution in [0.1, 0.15) is 30.1 Å². The Morgan fingerprint density at radius 2 is 2.40 bits per heavy atom. The van der Waals surface area contributed by atoms with E-state index < -0.39 is 5.97 Å². The number of aromatic nitrogens is 1. The number of pyridine rings is 1. The number of nitrogens with zero attached hydrogens (tertiary/aromatic N) is 1. The molecule has 2 N–H and O–H groups in total. The van der Waals surface area contributed by atoms with Gasteiger partial charge in [-0.05, 0) is 12.5 Å². The second-order valence-electron chi connectivity index (χ2n) is 3.14. The van der Waals surface area contributed by atoms with Crippen LogP contribution in [0.15, 0.2) is 12.3 Å². The van der Waals surface area contributed by atoms with Crippen LogP contribution >= 0.6 is 11.6 Å². The number of carboxylic acids is 1. The Kier molecular flexibility index (Phi) is 4.37. The second-order valence-corrected chi connectivity index (χ2v) is 3.55. The molecule has 1 aromatic heterocycles. The molecular weight excluding hydrogens is 216 g/mol. The van der Waals surface area contributed by atoms with Gasteiger partial charge in [-0.3, -0.25) is 0 Å². The standard InChI is InChI=1S/C10H13ClN2O2/c1-2-3-4-12-9-8(11)5-7(6-13-9)10(14)15/h5-6H,2-4H2,1H3,(H,12,13)(H,14,15). The van der Waals surface area contributed by atoms with Crippen molar-refractivity contribution in [2.75, 3.05) is 11.9 Å². The Bertz CT molecular complexity index is 355. The number of hydrogen-bond acceptors (Lipinski definition) is 3. The van der Waals surface area contributed by atoms with E-state index in [1.807, 2.05) is 0 Å². The Balaban J connectivity index is 2.70. The predicted molar refractivity (Wildman–Crippen MR) is 59.6 cm³/mol. The van der Waals surface area contributed by atoms with Gasteiger partial charge in [0.15, 0.2) is 0 Å². The van der Waals surface area contributed by atoms with Crippen LogP contribution in [0.25, 0.3) is 0 Å². The zero-order valence-corrected chi connectivity index (χ0v) is 9.21. The van der Waals surface area contributed by atoms with E-state index in [4.69, 9.17) is 16.7 Å². The van der Waals surface area contributed by atoms with Gasteiger partial charge in [0.2, 0.25) is 0 Å². The zero-order valence-electron chi connectivity index (χ0n) is 8.46. The van der Waals surface area contributed by atoms with Gasteiger partial charge in [-0.2, -0.15) is 0 Å². The van der Waals surface area contributed by atoms with Gasteiger partial charge in [-0.25, -0.2) is 9.78 Å². The van der Waals surface area contributed by atoms with Crippen LogP contribution in [-0.4, -0.2) is 22.6 Å². The summed E-state index contributed by atoms with van der Waals surface area (Å²) in [6, 6.07) is 1.39. The van der Waals surface area contributed by atoms with Crippen LogP contribution in [0, 0.1) is 0 Å². The lowest BCUT2D eigenvalue weighted by Gasteiger charge is -2.06. The number of rotatable bonds is 5. The van der Waals surface area contributed by atoms with Crippen molar-refractivity contribution in [2.45, 2.75) is 19.8 Å². The lowest BCUT2D eigenvalue weighted by atomic mass is 10.3. The first-order chi connectivity index (χ1) is 7.15. The highest BCUT2D eigenvalue weighted by molar-refractivity contribution is 6.33. The highest BCUT2D eigenvalue weighted by Crippen LogP contribution is 2.19. The molecule has 0 unspecified atom stereocenters. The maximum absolute atomic E-state index is 10.6. The fourth-order valence-electron chi connectivity index (χ4n) is 1.07. The SMILES string of the molecule is CCCCNc1ncc(C(=O)O)cc1Cl. The average Bonchev–Trinajstić information content (AvgIpc) is 2.20. The molecule has 15 heavy (non-hydrogen) atoms. The van der Waals surface area contributed by atoms with E-state index in [2.05, 4.69) is 17.2 Å². The first-order valence-corrected chi connectivity index (χ1v) is 5.15. The van der Waals surface area contributed by atoms with Crippen LogP contribution in [-0.2, 0) is 0 Å². The van der Waals surface area contributed by atoms with Crippen molar-refractivity contribution in [3.05, 3.63) is 22.8 Å². The average molecular weight is 229 g/mol. The van der Waals surface area contributed by atoms with Crippen LogP contribution < -0.4 is 5.32 Å². The minimum Gasteiger partial charge on any atom is -0.478 e. The molecule has 5 heteroatoms. The third-order valence-electron chi connectivity index (χ3n) is 1.91. The lowest BCUT2D eigenvalue weighted by molar-refractivity contribution is 0.0696. The summed E-state index contributed by atoms with van der Waals surface area (Å²) >= 11 is 5.86. The molecule has 1 heterocycles. The van der Waals surface area contributed by atoms with E-state index in [1.54, 1.807) is 0 Å². The quantitative estimate of drug-likeness (QED) is 0.761. The fraction of sp³-hybridized carbons (Fsp3) is 0.400. The molecule has 4 nitrogen and oxygen atoms in total. The van der Waals surface area contributed by atoms with Crippen molar-refractivity contribution in [3.8, 4) is 0 Å². The molecule has 0 fully saturated rings. The third kappa shape index (κ3) is 3.40. The molecular formula is C10H13ClN2O2. The molecule has 0 atom stereocenters. The highest BCUT2D eigenvalue weighted by Gasteiger charge is 2.07. The molecule has 0 bridgehead atoms. The van der Waals surface area contributed by atoms with Crippen molar-refractivity contribution in [3.63, 3.8) is 0 Å². The highest BCUT2D eigenvalue weighted by atomic mass is 35.5. The molecule has 1 aromatic rings. The molecule has 0 saturated heterocycles. The number of anilines is 1. The van der Waals surface area contributed by atoms with Gasteiger partial charge in [-0.1, -0.05) is 24.9 Å². The monoisotopic (exact) mass is 228 g/mol. The number of aromatic carboxylic acids is 1. The van der Waals surface area contributed by atoms with Crippen molar-refractivity contribution < 1.29 is 9.90 Å². The van der Waals surface area contributed by atoms with Crippen LogP contribution in [0.5, 0.6) is 0 Å². The number of carboxylic acid groups (broad SMARTS) is 1. The van der Waals surface area contributed by atoms with Gasteiger partial charge in [0.05, 0.1) is 10.6 Å². The number of nitrogens with one attached hydrogen (secondary N) is 1. The number of unbranched alkanes of at least 4 members (excludes halogenated alkanes) is 1. The van der Waals surface area contributed by atoms with Crippen LogP contribution in [0.4, 0.5) is 5.82 Å². The molecule has 0 radical (unpaired) electrons. The van der Waals surface area contributed by atoms with E-state index in [-0.39, 0.29) is 5.56 Å². The summed E-state index contributed by atoms with van der Waals surface area (Å²) in [4.78, 5) is 14.6. The summed E-state index contributed by atoms with van der Waals surface area (Å²) in [5.74, 6) is -0.486. The maximum Gasteiger partial charge on any atom is 0.337 e. The predicted octanol–water partition coefficient (Wildman–Crippen LogP) is 2.65. The van der Waals surface area contributed by atoms with Gasteiger partial charge < -0.3 is 10.4 Å². The van der Waals surface area contributed by atoms with Gasteiger partial charge in [0.1, 0.15) is 5.82 Å². The normalized spacial score (nSPS) is 10.0. The summed E-state index contributed by atoms with van der Waals surface area (Å²) < 4.78 is 0. The van der Waals surface area contributed by atoms with Crippen molar-refractivity contribution in [2.24, 2.45) is 0 Å². The van der Waals surface area contributed by atoms with Crippen LogP contribution in [0.2, 0.25) is 5.02 Å². The summed E-state index contributed by atoms with van der Waals surface area (Å²) in [5, 5.41) is 12.1. The summed E-state index contributed by atoms with van der Waals surface area (Å²) in [6.07, 6.45) is 3.40. The molecule has 1 rings (SSSR count). The van der Waals surface area contributed by atoms with E-state index in [0.29, 0.717) is 10.8 Å². The molecule has 0 aromatic carbocycles. The molecule has 0 spiro atoms. The smallest absolute Gasteiger partial charge is 0.337 e. The lowest BCUT2D eigenvalue weighted by Crippen LogP contribution is -2.05. The van der Waals surface area contributed by atoms with Gasteiger partial charge >= 0.3 is 5.97 Å². The van der Waals surface area contributed by atoms with E-state index >= 15 is 0 Å². The molecule has 82 valence electrons. The first kappa shape index (κ1) is 11.8. The first-order valence-electron chi connectivity index (χ1n) is 4.78. The zero-order chi connectivity index (χ0) is 11.3. The third-order valence-corrected chi connectivity index (χ3v) is 2.20. The minimum absolute atomic E-state index is 0.0982. The van der Waals surface area contributed by atoms with E-state index in [0.717, 1.165) is 19.4 Å². The summed E-state index contributed by atoms with van der Waals surface area (Å²) in [5.41, 5.74) is 0.0982. The van der Waals surface area contributed by atoms with E-state index in [9.17, 15) is 4.79 Å². The topological polar surface area (TPSA) is 62.2 Å². The Labute approximate surface area is 93.3 Å². The van der Waals surface area contributed by atoms with Gasteiger partial charge in [-0.15, -0.1) is 0 Å². The van der Waals surface area contributed by atoms with Crippen molar-refractivity contribution in [1.29, 1.82) is 0 Å². The largest absolute Gasteiger partial charge is 0.478 e. The molecule has 0 saturated carbocycles. The second kappa shape index (κ2) is 5.56. The van der Waals surface area contributed by atoms with Gasteiger partial charge in [0, 0.05) is 12.7 Å². The van der Waals surface area contributed by atoms with Crippen LogP contribution in [0.3, 0.4) is 0 Å². The Morgan fingerprint density at radius 3 is 2.93 bits per heavy atom. The number of hydrogen-bond donors (Lipinski definition) is 2. The summed E-state index contributed by atoms with van der Waals surface area (Å²) in [6.45, 7) is 2.87. The maximum atomic E-state index is 10.6. The molecule has 0 aliphatic heterocycles.